The van der Waals surface area contributed by atoms with E-state index < -0.39 is 0 Å². The van der Waals surface area contributed by atoms with Crippen LogP contribution in [0.3, 0.4) is 0 Å². The molecule has 0 spiro atoms. The van der Waals surface area contributed by atoms with Gasteiger partial charge < -0.3 is 4.74 Å². The molecule has 0 radical (unpaired) electrons. The number of aromatic nitrogens is 2. The molecule has 3 rings (SSSR count). The summed E-state index contributed by atoms with van der Waals surface area (Å²) in [7, 11) is 0. The fourth-order valence-corrected chi connectivity index (χ4v) is 2.39. The Morgan fingerprint density at radius 1 is 1.19 bits per heavy atom. The number of hydrazone groups is 1. The number of carbonyl (C=O) groups is 1. The van der Waals surface area contributed by atoms with E-state index in [1.807, 2.05) is 62.4 Å². The molecule has 26 heavy (non-hydrogen) atoms. The van der Waals surface area contributed by atoms with Crippen LogP contribution in [-0.4, -0.2) is 28.9 Å². The van der Waals surface area contributed by atoms with Gasteiger partial charge in [-0.2, -0.15) is 10.2 Å². The number of carbonyl (C=O) groups excluding carboxylic acids is 1. The molecule has 1 amide bonds. The summed E-state index contributed by atoms with van der Waals surface area (Å²) in [5.41, 5.74) is 7.38. The summed E-state index contributed by atoms with van der Waals surface area (Å²) in [6.07, 6.45) is 3.21. The van der Waals surface area contributed by atoms with Crippen molar-refractivity contribution < 1.29 is 9.53 Å². The Morgan fingerprint density at radius 3 is 2.77 bits per heavy atom. The van der Waals surface area contributed by atoms with Gasteiger partial charge in [-0.15, -0.1) is 0 Å². The Kier molecular flexibility index (Phi) is 5.43. The van der Waals surface area contributed by atoms with Crippen LogP contribution < -0.4 is 10.2 Å². The van der Waals surface area contributed by atoms with Gasteiger partial charge >= 0.3 is 0 Å². The number of H-pyrrole nitrogens is 1. The topological polar surface area (TPSA) is 79.4 Å². The van der Waals surface area contributed by atoms with E-state index in [1.165, 1.54) is 5.56 Å². The largest absolute Gasteiger partial charge is 0.484 e. The van der Waals surface area contributed by atoms with E-state index in [1.54, 1.807) is 12.4 Å². The number of amides is 1. The molecule has 2 aromatic carbocycles. The van der Waals surface area contributed by atoms with Crippen molar-refractivity contribution in [2.24, 2.45) is 5.10 Å². The van der Waals surface area contributed by atoms with Crippen molar-refractivity contribution in [3.63, 3.8) is 0 Å². The number of ether oxygens (including phenoxy) is 1. The van der Waals surface area contributed by atoms with Gasteiger partial charge in [-0.25, -0.2) is 5.43 Å². The van der Waals surface area contributed by atoms with Crippen molar-refractivity contribution in [2.45, 2.75) is 13.8 Å². The number of rotatable bonds is 6. The van der Waals surface area contributed by atoms with Crippen molar-refractivity contribution in [3.8, 4) is 17.0 Å². The SMILES string of the molecule is Cc1ccc(OCC(=O)N/N=C\c2cn[nH]c2-c2ccccc2)cc1C. The van der Waals surface area contributed by atoms with E-state index in [0.29, 0.717) is 5.75 Å². The zero-order valence-electron chi connectivity index (χ0n) is 14.7. The van der Waals surface area contributed by atoms with Crippen LogP contribution in [0.2, 0.25) is 0 Å². The molecule has 0 bridgehead atoms. The first kappa shape index (κ1) is 17.4. The van der Waals surface area contributed by atoms with E-state index in [4.69, 9.17) is 4.74 Å². The van der Waals surface area contributed by atoms with Gasteiger partial charge in [0.1, 0.15) is 5.75 Å². The highest BCUT2D eigenvalue weighted by Crippen LogP contribution is 2.19. The zero-order valence-corrected chi connectivity index (χ0v) is 14.7. The van der Waals surface area contributed by atoms with Crippen LogP contribution in [-0.2, 0) is 4.79 Å². The summed E-state index contributed by atoms with van der Waals surface area (Å²) in [6, 6.07) is 15.5. The second-order valence-corrected chi connectivity index (χ2v) is 5.89. The molecule has 0 aliphatic carbocycles. The fraction of sp³-hybridized carbons (Fsp3) is 0.150. The third-order valence-electron chi connectivity index (χ3n) is 3.97. The minimum absolute atomic E-state index is 0.100. The third-order valence-corrected chi connectivity index (χ3v) is 3.97. The van der Waals surface area contributed by atoms with Gasteiger partial charge in [0.15, 0.2) is 6.61 Å². The lowest BCUT2D eigenvalue weighted by atomic mass is 10.1. The lowest BCUT2D eigenvalue weighted by Crippen LogP contribution is -2.24. The molecule has 1 aromatic heterocycles. The van der Waals surface area contributed by atoms with E-state index in [-0.39, 0.29) is 12.5 Å². The number of nitrogens with one attached hydrogen (secondary N) is 2. The van der Waals surface area contributed by atoms with E-state index in [2.05, 4.69) is 20.7 Å². The molecule has 132 valence electrons. The van der Waals surface area contributed by atoms with Gasteiger partial charge in [-0.05, 0) is 37.1 Å². The maximum absolute atomic E-state index is 11.9. The maximum atomic E-state index is 11.9. The summed E-state index contributed by atoms with van der Waals surface area (Å²) in [5, 5.41) is 11.0. The molecule has 0 aliphatic rings. The van der Waals surface area contributed by atoms with Crippen LogP contribution in [0.25, 0.3) is 11.3 Å². The Balaban J connectivity index is 1.55. The number of benzene rings is 2. The highest BCUT2D eigenvalue weighted by atomic mass is 16.5. The predicted molar refractivity (Wildman–Crippen MR) is 101 cm³/mol. The van der Waals surface area contributed by atoms with E-state index >= 15 is 0 Å². The first-order chi connectivity index (χ1) is 12.6. The molecule has 2 N–H and O–H groups in total. The van der Waals surface area contributed by atoms with Crippen molar-refractivity contribution in [3.05, 3.63) is 71.4 Å². The summed E-state index contributed by atoms with van der Waals surface area (Å²) in [5.74, 6) is 0.331. The van der Waals surface area contributed by atoms with Crippen molar-refractivity contribution in [2.75, 3.05) is 6.61 Å². The second kappa shape index (κ2) is 8.11. The second-order valence-electron chi connectivity index (χ2n) is 5.89. The number of hydrogen-bond donors (Lipinski definition) is 2. The van der Waals surface area contributed by atoms with Crippen molar-refractivity contribution in [1.29, 1.82) is 0 Å². The number of nitrogens with zero attached hydrogens (tertiary/aromatic N) is 2. The summed E-state index contributed by atoms with van der Waals surface area (Å²) < 4.78 is 5.48. The van der Waals surface area contributed by atoms with Crippen LogP contribution in [0, 0.1) is 13.8 Å². The Labute approximate surface area is 151 Å². The Morgan fingerprint density at radius 2 is 2.00 bits per heavy atom. The molecule has 0 saturated heterocycles. The highest BCUT2D eigenvalue weighted by molar-refractivity contribution is 5.89. The van der Waals surface area contributed by atoms with Crippen LogP contribution in [0.4, 0.5) is 0 Å². The zero-order chi connectivity index (χ0) is 18.4. The summed E-state index contributed by atoms with van der Waals surface area (Å²) in [6.45, 7) is 3.93. The smallest absolute Gasteiger partial charge is 0.277 e. The molecular formula is C20H20N4O2. The maximum Gasteiger partial charge on any atom is 0.277 e. The Bertz CT molecular complexity index is 917. The number of aromatic amines is 1. The van der Waals surface area contributed by atoms with Gasteiger partial charge in [0.05, 0.1) is 18.1 Å². The summed E-state index contributed by atoms with van der Waals surface area (Å²) >= 11 is 0. The van der Waals surface area contributed by atoms with Gasteiger partial charge in [0.2, 0.25) is 0 Å². The molecule has 0 fully saturated rings. The molecule has 1 heterocycles. The molecular weight excluding hydrogens is 328 g/mol. The molecule has 0 saturated carbocycles. The Hall–Kier alpha value is -3.41. The minimum Gasteiger partial charge on any atom is -0.484 e. The normalized spacial score (nSPS) is 10.8. The van der Waals surface area contributed by atoms with Crippen molar-refractivity contribution >= 4 is 12.1 Å². The van der Waals surface area contributed by atoms with Crippen LogP contribution in [0.1, 0.15) is 16.7 Å². The first-order valence-corrected chi connectivity index (χ1v) is 8.24. The van der Waals surface area contributed by atoms with Crippen molar-refractivity contribution in [1.82, 2.24) is 15.6 Å². The molecule has 6 heteroatoms. The summed E-state index contributed by atoms with van der Waals surface area (Å²) in [4.78, 5) is 11.9. The average Bonchev–Trinajstić information content (AvgIpc) is 3.12. The number of hydrogen-bond acceptors (Lipinski definition) is 4. The average molecular weight is 348 g/mol. The molecule has 3 aromatic rings. The number of aryl methyl sites for hydroxylation is 2. The van der Waals surface area contributed by atoms with Crippen LogP contribution in [0.5, 0.6) is 5.75 Å². The fourth-order valence-electron chi connectivity index (χ4n) is 2.39. The van der Waals surface area contributed by atoms with Crippen LogP contribution in [0.15, 0.2) is 59.8 Å². The molecule has 6 nitrogen and oxygen atoms in total. The van der Waals surface area contributed by atoms with Gasteiger partial charge in [-0.3, -0.25) is 9.89 Å². The molecule has 0 unspecified atom stereocenters. The first-order valence-electron chi connectivity index (χ1n) is 8.24. The van der Waals surface area contributed by atoms with Gasteiger partial charge in [0, 0.05) is 11.1 Å². The predicted octanol–water partition coefficient (Wildman–Crippen LogP) is 3.22. The van der Waals surface area contributed by atoms with Gasteiger partial charge in [-0.1, -0.05) is 36.4 Å². The third kappa shape index (κ3) is 4.36. The lowest BCUT2D eigenvalue weighted by Gasteiger charge is -2.07. The van der Waals surface area contributed by atoms with E-state index in [0.717, 1.165) is 22.4 Å². The molecule has 0 atom stereocenters. The highest BCUT2D eigenvalue weighted by Gasteiger charge is 2.06. The molecule has 0 aliphatic heterocycles. The lowest BCUT2D eigenvalue weighted by molar-refractivity contribution is -0.123. The monoisotopic (exact) mass is 348 g/mol. The van der Waals surface area contributed by atoms with Gasteiger partial charge in [0.25, 0.3) is 5.91 Å². The minimum atomic E-state index is -0.329. The van der Waals surface area contributed by atoms with E-state index in [9.17, 15) is 4.79 Å². The van der Waals surface area contributed by atoms with Crippen LogP contribution >= 0.6 is 0 Å². The quantitative estimate of drug-likeness (QED) is 0.530. The standard InChI is InChI=1S/C20H20N4O2/c1-14-8-9-18(10-15(14)2)26-13-19(25)23-21-11-17-12-22-24-20(17)16-6-4-3-5-7-16/h3-12H,13H2,1-2H3,(H,22,24)(H,23,25)/b21-11-.